The molecule has 1 amide bonds. The Kier molecular flexibility index (Phi) is 8.32. The van der Waals surface area contributed by atoms with Gasteiger partial charge in [-0.3, -0.25) is 4.79 Å². The zero-order valence-electron chi connectivity index (χ0n) is 25.2. The first kappa shape index (κ1) is 29.6. The fourth-order valence-electron chi connectivity index (χ4n) is 7.26. The molecule has 10 nitrogen and oxygen atoms in total. The van der Waals surface area contributed by atoms with Crippen molar-refractivity contribution in [3.05, 3.63) is 47.8 Å². The number of nitrogens with one attached hydrogen (secondary N) is 1. The number of carbonyl (C=O) groups is 1. The molecule has 5 heterocycles. The summed E-state index contributed by atoms with van der Waals surface area (Å²) in [5.74, 6) is 0.0862. The van der Waals surface area contributed by atoms with E-state index in [1.807, 2.05) is 30.3 Å². The molecule has 1 aliphatic carbocycles. The zero-order valence-corrected chi connectivity index (χ0v) is 26.0. The monoisotopic (exact) mass is 623 g/mol. The lowest BCUT2D eigenvalue weighted by molar-refractivity contribution is 0.0957. The smallest absolute Gasteiger partial charge is 0.306 e. The van der Waals surface area contributed by atoms with Crippen LogP contribution in [0.3, 0.4) is 0 Å². The molecule has 1 saturated carbocycles. The number of alkyl halides is 1. The van der Waals surface area contributed by atoms with Crippen LogP contribution in [0.2, 0.25) is 0 Å². The maximum Gasteiger partial charge on any atom is 0.306 e. The molecule has 12 heteroatoms. The molecule has 0 radical (unpaired) electrons. The molecule has 0 spiro atoms. The average Bonchev–Trinajstić information content (AvgIpc) is 3.65. The third-order valence-corrected chi connectivity index (χ3v) is 11.4. The summed E-state index contributed by atoms with van der Waals surface area (Å²) >= 11 is 0. The zero-order chi connectivity index (χ0) is 30.3. The van der Waals surface area contributed by atoms with E-state index in [-0.39, 0.29) is 18.7 Å². The summed E-state index contributed by atoms with van der Waals surface area (Å²) < 4.78 is 45.5. The molecule has 7 rings (SSSR count). The first-order valence-electron chi connectivity index (χ1n) is 16.3. The van der Waals surface area contributed by atoms with E-state index in [0.717, 1.165) is 78.5 Å². The number of piperidine rings is 2. The number of anilines is 1. The molecular formula is C32H42FN7O3S. The van der Waals surface area contributed by atoms with Crippen molar-refractivity contribution >= 4 is 32.8 Å². The molecule has 1 N–H and O–H groups in total. The topological polar surface area (TPSA) is 104 Å². The van der Waals surface area contributed by atoms with E-state index in [1.54, 1.807) is 10.7 Å². The van der Waals surface area contributed by atoms with Gasteiger partial charge in [0.15, 0.2) is 11.9 Å². The summed E-state index contributed by atoms with van der Waals surface area (Å²) in [5.41, 5.74) is 3.22. The fourth-order valence-corrected chi connectivity index (χ4v) is 8.49. The predicted octanol–water partition coefficient (Wildman–Crippen LogP) is 4.76. The number of pyridine rings is 1. The highest BCUT2D eigenvalue weighted by molar-refractivity contribution is 7.87. The second kappa shape index (κ2) is 12.4. The quantitative estimate of drug-likeness (QED) is 0.361. The van der Waals surface area contributed by atoms with Crippen LogP contribution in [0.5, 0.6) is 0 Å². The van der Waals surface area contributed by atoms with Gasteiger partial charge in [0.05, 0.1) is 22.5 Å². The van der Waals surface area contributed by atoms with E-state index in [9.17, 15) is 17.6 Å². The fraction of sp³-hybridized carbons (Fsp3) is 0.594. The van der Waals surface area contributed by atoms with E-state index < -0.39 is 22.4 Å². The Bertz CT molecular complexity index is 1600. The number of aromatic nitrogens is 3. The van der Waals surface area contributed by atoms with Crippen molar-refractivity contribution in [2.24, 2.45) is 5.92 Å². The number of carbonyl (C=O) groups excluding carboxylic acids is 1. The number of fused-ring (bicyclic) bond motifs is 1. The predicted molar refractivity (Wildman–Crippen MR) is 168 cm³/mol. The van der Waals surface area contributed by atoms with Gasteiger partial charge in [-0.25, -0.2) is 18.8 Å². The van der Waals surface area contributed by atoms with Crippen LogP contribution >= 0.6 is 0 Å². The van der Waals surface area contributed by atoms with Crippen molar-refractivity contribution in [1.82, 2.24) is 28.7 Å². The van der Waals surface area contributed by atoms with E-state index in [4.69, 9.17) is 10.1 Å². The van der Waals surface area contributed by atoms with Crippen LogP contribution in [0.25, 0.3) is 16.7 Å². The SMILES string of the molecule is O=C(NS(=O)(=O)N1CCCCC1F)c1cc(N2CCC(CN3CCCC3)CC2)c2c(C3CCC3)nn(-c3ccccc3)c2n1. The van der Waals surface area contributed by atoms with Gasteiger partial charge < -0.3 is 9.80 Å². The third-order valence-electron chi connectivity index (χ3n) is 9.95. The highest BCUT2D eigenvalue weighted by Gasteiger charge is 2.36. The van der Waals surface area contributed by atoms with Crippen LogP contribution in [0, 0.1) is 5.92 Å². The minimum absolute atomic E-state index is 0.0140. The molecule has 236 valence electrons. The lowest BCUT2D eigenvalue weighted by Crippen LogP contribution is -2.49. The van der Waals surface area contributed by atoms with Gasteiger partial charge in [0, 0.05) is 32.1 Å². The number of halogens is 1. The summed E-state index contributed by atoms with van der Waals surface area (Å²) in [6.07, 6.45) is 7.58. The maximum atomic E-state index is 14.6. The number of para-hydroxylation sites is 1. The van der Waals surface area contributed by atoms with Gasteiger partial charge in [-0.15, -0.1) is 0 Å². The third kappa shape index (κ3) is 5.83. The van der Waals surface area contributed by atoms with Crippen LogP contribution < -0.4 is 9.62 Å². The molecule has 1 aromatic carbocycles. The Morgan fingerprint density at radius 1 is 0.909 bits per heavy atom. The molecule has 3 saturated heterocycles. The van der Waals surface area contributed by atoms with Crippen molar-refractivity contribution in [2.75, 3.05) is 44.2 Å². The number of nitrogens with zero attached hydrogens (tertiary/aromatic N) is 6. The minimum atomic E-state index is -4.38. The van der Waals surface area contributed by atoms with Crippen LogP contribution in [0.15, 0.2) is 36.4 Å². The summed E-state index contributed by atoms with van der Waals surface area (Å²) in [5, 5.41) is 6.03. The number of likely N-dealkylation sites (tertiary alicyclic amines) is 1. The highest BCUT2D eigenvalue weighted by atomic mass is 32.2. The van der Waals surface area contributed by atoms with E-state index in [2.05, 4.69) is 14.5 Å². The Hall–Kier alpha value is -3.09. The molecule has 1 atom stereocenters. The van der Waals surface area contributed by atoms with Crippen molar-refractivity contribution in [3.63, 3.8) is 0 Å². The molecule has 0 bridgehead atoms. The van der Waals surface area contributed by atoms with Gasteiger partial charge >= 0.3 is 10.2 Å². The number of benzene rings is 1. The number of hydrogen-bond acceptors (Lipinski definition) is 7. The standard InChI is InChI=1S/C32H42FN7O3S/c33-28-13-4-5-18-39(28)44(42,43)36-32(41)26-21-27(38-19-14-23(15-20-38)22-37-16-6-7-17-37)29-30(24-9-8-10-24)35-40(31(29)34-26)25-11-2-1-3-12-25/h1-3,11-12,21,23-24,28H,4-10,13-20,22H2,(H,36,41). The van der Waals surface area contributed by atoms with E-state index in [1.165, 1.54) is 25.9 Å². The molecule has 1 unspecified atom stereocenters. The molecule has 3 aliphatic heterocycles. The lowest BCUT2D eigenvalue weighted by Gasteiger charge is -2.36. The lowest BCUT2D eigenvalue weighted by atomic mass is 9.81. The van der Waals surface area contributed by atoms with Crippen molar-refractivity contribution in [2.45, 2.75) is 76.4 Å². The summed E-state index contributed by atoms with van der Waals surface area (Å²) in [4.78, 5) is 23.3. The van der Waals surface area contributed by atoms with Crippen LogP contribution in [-0.2, 0) is 10.2 Å². The molecule has 2 aromatic heterocycles. The van der Waals surface area contributed by atoms with Gasteiger partial charge in [-0.1, -0.05) is 24.6 Å². The Labute approximate surface area is 258 Å². The van der Waals surface area contributed by atoms with Gasteiger partial charge in [-0.2, -0.15) is 17.8 Å². The highest BCUT2D eigenvalue weighted by Crippen LogP contribution is 2.43. The van der Waals surface area contributed by atoms with Crippen LogP contribution in [0.1, 0.15) is 86.3 Å². The van der Waals surface area contributed by atoms with Gasteiger partial charge in [-0.05, 0) is 95.0 Å². The van der Waals surface area contributed by atoms with Gasteiger partial charge in [0.1, 0.15) is 5.69 Å². The van der Waals surface area contributed by atoms with Crippen LogP contribution in [0.4, 0.5) is 10.1 Å². The number of amides is 1. The van der Waals surface area contributed by atoms with Crippen molar-refractivity contribution in [3.8, 4) is 5.69 Å². The summed E-state index contributed by atoms with van der Waals surface area (Å²) in [6.45, 7) is 5.24. The molecular weight excluding hydrogens is 581 g/mol. The molecule has 44 heavy (non-hydrogen) atoms. The summed E-state index contributed by atoms with van der Waals surface area (Å²) in [7, 11) is -4.38. The first-order chi connectivity index (χ1) is 21.4. The Morgan fingerprint density at radius 3 is 2.32 bits per heavy atom. The molecule has 3 aromatic rings. The minimum Gasteiger partial charge on any atom is -0.371 e. The Morgan fingerprint density at radius 2 is 1.64 bits per heavy atom. The first-order valence-corrected chi connectivity index (χ1v) is 17.8. The average molecular weight is 624 g/mol. The second-order valence-electron chi connectivity index (χ2n) is 12.9. The summed E-state index contributed by atoms with van der Waals surface area (Å²) in [6, 6.07) is 11.5. The van der Waals surface area contributed by atoms with E-state index in [0.29, 0.717) is 30.3 Å². The van der Waals surface area contributed by atoms with Gasteiger partial charge in [0.25, 0.3) is 5.91 Å². The number of rotatable bonds is 8. The number of hydrogen-bond donors (Lipinski definition) is 1. The maximum absolute atomic E-state index is 14.6. The molecule has 4 fully saturated rings. The second-order valence-corrected chi connectivity index (χ2v) is 14.5. The largest absolute Gasteiger partial charge is 0.371 e. The normalized spacial score (nSPS) is 22.8. The van der Waals surface area contributed by atoms with E-state index >= 15 is 0 Å². The Balaban J connectivity index is 1.27. The molecule has 4 aliphatic rings. The van der Waals surface area contributed by atoms with Crippen molar-refractivity contribution in [1.29, 1.82) is 0 Å². The van der Waals surface area contributed by atoms with Crippen LogP contribution in [-0.4, -0.2) is 83.9 Å². The van der Waals surface area contributed by atoms with Crippen molar-refractivity contribution < 1.29 is 17.6 Å². The van der Waals surface area contributed by atoms with Gasteiger partial charge in [0.2, 0.25) is 0 Å².